The molecule has 0 radical (unpaired) electrons. The van der Waals surface area contributed by atoms with E-state index in [-0.39, 0.29) is 48.3 Å². The van der Waals surface area contributed by atoms with Crippen LogP contribution in [0.2, 0.25) is 0 Å². The smallest absolute Gasteiger partial charge is 0.407 e. The molecule has 2 amide bonds. The highest BCUT2D eigenvalue weighted by Crippen LogP contribution is 2.51. The fourth-order valence-electron chi connectivity index (χ4n) is 10.5. The summed E-state index contributed by atoms with van der Waals surface area (Å²) in [6.07, 6.45) is 11.5. The summed E-state index contributed by atoms with van der Waals surface area (Å²) >= 11 is 0. The number of carbonyl (C=O) groups is 2. The van der Waals surface area contributed by atoms with E-state index in [0.717, 1.165) is 95.7 Å². The number of anilines is 1. The molecule has 0 spiro atoms. The van der Waals surface area contributed by atoms with Gasteiger partial charge in [-0.2, -0.15) is 0 Å². The lowest BCUT2D eigenvalue weighted by Gasteiger charge is -2.53. The molecule has 4 heterocycles. The summed E-state index contributed by atoms with van der Waals surface area (Å²) in [5.74, 6) is 0.721. The van der Waals surface area contributed by atoms with Gasteiger partial charge in [0.15, 0.2) is 9.84 Å². The molecule has 2 aromatic carbocycles. The molecular formula is C44H63FN6O5S. The minimum Gasteiger partial charge on any atom is -0.453 e. The third kappa shape index (κ3) is 9.37. The van der Waals surface area contributed by atoms with Crippen molar-refractivity contribution >= 4 is 27.5 Å². The number of alkyl carbamates (subject to hydrolysis) is 1. The van der Waals surface area contributed by atoms with E-state index < -0.39 is 15.1 Å². The predicted octanol–water partition coefficient (Wildman–Crippen LogP) is 5.02. The average molecular weight is 807 g/mol. The standard InChI is InChI=1S/C44H63FN6O5S/c1-47(2)21-9-14-42(52)51-30-39(31-51)57(54,55)38-17-15-37(16-18-38)50-28-33(29-50)27-48-24-19-34(20-25-48)44(32-49-22-5-4-6-23-49,35-10-7-11-36(45)26-35)40-12-8-13-41(40)46-43(53)56-3/h7,9-11,14-18,26,33-34,39-41H,4-6,8,12-13,19-25,27-32H2,1-3H3,(H,46,53). The lowest BCUT2D eigenvalue weighted by molar-refractivity contribution is -0.129. The van der Waals surface area contributed by atoms with Gasteiger partial charge in [-0.3, -0.25) is 4.79 Å². The molecule has 312 valence electrons. The summed E-state index contributed by atoms with van der Waals surface area (Å²) in [4.78, 5) is 36.4. The lowest BCUT2D eigenvalue weighted by Crippen LogP contribution is -2.59. The number of likely N-dealkylation sites (N-methyl/N-ethyl adjacent to an activating group) is 1. The molecule has 0 bridgehead atoms. The maximum absolute atomic E-state index is 15.1. The van der Waals surface area contributed by atoms with Gasteiger partial charge in [-0.05, 0) is 133 Å². The summed E-state index contributed by atoms with van der Waals surface area (Å²) in [6, 6.07) is 14.6. The minimum atomic E-state index is -3.52. The Morgan fingerprint density at radius 2 is 1.63 bits per heavy atom. The van der Waals surface area contributed by atoms with Crippen LogP contribution in [0.25, 0.3) is 0 Å². The summed E-state index contributed by atoms with van der Waals surface area (Å²) in [7, 11) is 1.76. The van der Waals surface area contributed by atoms with E-state index in [1.807, 2.05) is 37.2 Å². The molecule has 1 aliphatic carbocycles. The van der Waals surface area contributed by atoms with Gasteiger partial charge in [-0.25, -0.2) is 17.6 Å². The first-order valence-corrected chi connectivity index (χ1v) is 22.7. The van der Waals surface area contributed by atoms with Gasteiger partial charge in [-0.1, -0.05) is 31.1 Å². The minimum absolute atomic E-state index is 0.0152. The number of ether oxygens (including phenoxy) is 1. The van der Waals surface area contributed by atoms with Crippen LogP contribution in [-0.4, -0.2) is 145 Å². The second-order valence-electron chi connectivity index (χ2n) is 17.6. The van der Waals surface area contributed by atoms with Crippen LogP contribution in [0.3, 0.4) is 0 Å². The second kappa shape index (κ2) is 18.2. The van der Waals surface area contributed by atoms with Gasteiger partial charge in [0.05, 0.1) is 12.0 Å². The fraction of sp³-hybridized carbons (Fsp3) is 0.636. The molecule has 1 saturated carbocycles. The Morgan fingerprint density at radius 3 is 2.30 bits per heavy atom. The third-order valence-electron chi connectivity index (χ3n) is 13.6. The topological polar surface area (TPSA) is 106 Å². The van der Waals surface area contributed by atoms with Crippen molar-refractivity contribution < 1.29 is 27.1 Å². The van der Waals surface area contributed by atoms with E-state index in [0.29, 0.717) is 23.3 Å². The summed E-state index contributed by atoms with van der Waals surface area (Å²) in [6.45, 7) is 8.96. The molecule has 4 aliphatic heterocycles. The molecule has 5 aliphatic rings. The first kappa shape index (κ1) is 41.6. The van der Waals surface area contributed by atoms with E-state index in [9.17, 15) is 18.0 Å². The number of likely N-dealkylation sites (tertiary alicyclic amines) is 3. The van der Waals surface area contributed by atoms with Crippen LogP contribution in [0.4, 0.5) is 14.9 Å². The molecule has 3 unspecified atom stereocenters. The van der Waals surface area contributed by atoms with E-state index in [2.05, 4.69) is 26.1 Å². The maximum atomic E-state index is 15.1. The molecule has 0 aromatic heterocycles. The number of amides is 2. The highest BCUT2D eigenvalue weighted by Gasteiger charge is 2.53. The number of methoxy groups -OCH3 is 1. The quantitative estimate of drug-likeness (QED) is 0.264. The monoisotopic (exact) mass is 806 g/mol. The molecular weight excluding hydrogens is 744 g/mol. The van der Waals surface area contributed by atoms with Gasteiger partial charge in [0.1, 0.15) is 11.1 Å². The van der Waals surface area contributed by atoms with Crippen molar-refractivity contribution in [3.63, 3.8) is 0 Å². The van der Waals surface area contributed by atoms with E-state index in [4.69, 9.17) is 4.74 Å². The van der Waals surface area contributed by atoms with Gasteiger partial charge in [0.2, 0.25) is 5.91 Å². The summed E-state index contributed by atoms with van der Waals surface area (Å²) in [5, 5.41) is 2.63. The molecule has 3 atom stereocenters. The van der Waals surface area contributed by atoms with Gasteiger partial charge in [0.25, 0.3) is 0 Å². The third-order valence-corrected chi connectivity index (χ3v) is 15.7. The Labute approximate surface area is 339 Å². The van der Waals surface area contributed by atoms with Crippen molar-refractivity contribution in [2.45, 2.75) is 73.0 Å². The number of sulfone groups is 1. The molecule has 4 saturated heterocycles. The summed E-state index contributed by atoms with van der Waals surface area (Å²) in [5.41, 5.74) is 1.82. The molecule has 1 N–H and O–H groups in total. The number of hydrogen-bond acceptors (Lipinski definition) is 9. The molecule has 11 nitrogen and oxygen atoms in total. The number of piperidine rings is 2. The van der Waals surface area contributed by atoms with Gasteiger partial charge < -0.3 is 34.6 Å². The molecule has 7 rings (SSSR count). The Hall–Kier alpha value is -3.52. The molecule has 5 fully saturated rings. The first-order chi connectivity index (χ1) is 27.5. The number of rotatable bonds is 14. The van der Waals surface area contributed by atoms with Crippen molar-refractivity contribution in [1.82, 2.24) is 24.9 Å². The molecule has 13 heteroatoms. The van der Waals surface area contributed by atoms with Crippen LogP contribution in [0.1, 0.15) is 56.9 Å². The maximum Gasteiger partial charge on any atom is 0.407 e. The second-order valence-corrected chi connectivity index (χ2v) is 19.8. The Balaban J connectivity index is 0.960. The normalized spacial score (nSPS) is 24.4. The zero-order chi connectivity index (χ0) is 40.2. The highest BCUT2D eigenvalue weighted by atomic mass is 32.2. The molecule has 2 aromatic rings. The van der Waals surface area contributed by atoms with Crippen LogP contribution in [0.5, 0.6) is 0 Å². The number of halogens is 1. The van der Waals surface area contributed by atoms with Crippen LogP contribution in [0.15, 0.2) is 65.6 Å². The Kier molecular flexibility index (Phi) is 13.3. The Morgan fingerprint density at radius 1 is 0.912 bits per heavy atom. The van der Waals surface area contributed by atoms with Crippen LogP contribution < -0.4 is 10.2 Å². The molecule has 57 heavy (non-hydrogen) atoms. The van der Waals surface area contributed by atoms with E-state index in [1.165, 1.54) is 32.4 Å². The summed E-state index contributed by atoms with van der Waals surface area (Å²) < 4.78 is 46.9. The van der Waals surface area contributed by atoms with Crippen molar-refractivity contribution in [2.75, 3.05) is 98.1 Å². The SMILES string of the molecule is COC(=O)NC1CCCC1C(CN1CCCCC1)(c1cccc(F)c1)C1CCN(CC2CN(c3ccc(S(=O)(=O)C4CN(C(=O)C=CCN(C)C)C4)cc3)C2)CC1. The largest absolute Gasteiger partial charge is 0.453 e. The van der Waals surface area contributed by atoms with Crippen molar-refractivity contribution in [3.8, 4) is 0 Å². The average Bonchev–Trinajstić information content (AvgIpc) is 3.63. The highest BCUT2D eigenvalue weighted by molar-refractivity contribution is 7.92. The number of nitrogens with one attached hydrogen (secondary N) is 1. The lowest BCUT2D eigenvalue weighted by atomic mass is 9.58. The number of nitrogens with zero attached hydrogens (tertiary/aromatic N) is 5. The fourth-order valence-corrected chi connectivity index (χ4v) is 12.2. The predicted molar refractivity (Wildman–Crippen MR) is 222 cm³/mol. The zero-order valence-corrected chi connectivity index (χ0v) is 35.0. The number of benzene rings is 2. The van der Waals surface area contributed by atoms with Crippen LogP contribution >= 0.6 is 0 Å². The van der Waals surface area contributed by atoms with E-state index in [1.54, 1.807) is 35.2 Å². The van der Waals surface area contributed by atoms with Gasteiger partial charge in [-0.15, -0.1) is 0 Å². The number of hydrogen-bond donors (Lipinski definition) is 1. The van der Waals surface area contributed by atoms with E-state index >= 15 is 4.39 Å². The van der Waals surface area contributed by atoms with Crippen molar-refractivity contribution in [1.29, 1.82) is 0 Å². The van der Waals surface area contributed by atoms with Crippen molar-refractivity contribution in [2.24, 2.45) is 17.8 Å². The van der Waals surface area contributed by atoms with Crippen LogP contribution in [0, 0.1) is 23.6 Å². The van der Waals surface area contributed by atoms with Crippen LogP contribution in [-0.2, 0) is 24.8 Å². The Bertz CT molecular complexity index is 1820. The van der Waals surface area contributed by atoms with Gasteiger partial charge in [0, 0.05) is 75.0 Å². The zero-order valence-electron chi connectivity index (χ0n) is 34.2. The number of carbonyl (C=O) groups excluding carboxylic acids is 2. The van der Waals surface area contributed by atoms with Crippen molar-refractivity contribution in [3.05, 3.63) is 72.1 Å². The first-order valence-electron chi connectivity index (χ1n) is 21.2. The van der Waals surface area contributed by atoms with Gasteiger partial charge >= 0.3 is 6.09 Å².